The Kier molecular flexibility index (Phi) is 7.33. The lowest BCUT2D eigenvalue weighted by atomic mass is 10.3. The molecular formula is C14H12FN5O3S. The van der Waals surface area contributed by atoms with E-state index < -0.39 is 23.9 Å². The zero-order valence-electron chi connectivity index (χ0n) is 12.7. The molecule has 1 atom stereocenters. The Balaban J connectivity index is 2.98. The Morgan fingerprint density at radius 3 is 2.83 bits per heavy atom. The summed E-state index contributed by atoms with van der Waals surface area (Å²) in [5.74, 6) is -1.85. The molecular weight excluding hydrogens is 337 g/mol. The number of alkyl carbamates (subject to hydrolysis) is 1. The highest BCUT2D eigenvalue weighted by Crippen LogP contribution is 2.34. The molecule has 1 rings (SSSR count). The van der Waals surface area contributed by atoms with Gasteiger partial charge in [0.05, 0.1) is 13.2 Å². The van der Waals surface area contributed by atoms with Crippen LogP contribution in [-0.2, 0) is 9.53 Å². The van der Waals surface area contributed by atoms with E-state index in [2.05, 4.69) is 19.8 Å². The van der Waals surface area contributed by atoms with Crippen LogP contribution in [0.5, 0.6) is 0 Å². The van der Waals surface area contributed by atoms with E-state index in [0.29, 0.717) is 4.90 Å². The van der Waals surface area contributed by atoms with Gasteiger partial charge in [-0.2, -0.15) is 15.5 Å². The van der Waals surface area contributed by atoms with Crippen molar-refractivity contribution in [2.45, 2.75) is 17.9 Å². The highest BCUT2D eigenvalue weighted by atomic mass is 32.2. The van der Waals surface area contributed by atoms with Crippen molar-refractivity contribution in [1.82, 2.24) is 5.32 Å². The average Bonchev–Trinajstić information content (AvgIpc) is 2.56. The fraction of sp³-hybridized carbons (Fsp3) is 0.286. The third-order valence-corrected chi connectivity index (χ3v) is 3.29. The number of halogens is 1. The number of nitriles is 1. The molecule has 1 aromatic rings. The number of hydrogen-bond donors (Lipinski definition) is 1. The lowest BCUT2D eigenvalue weighted by Crippen LogP contribution is -2.37. The van der Waals surface area contributed by atoms with E-state index in [1.165, 1.54) is 23.9 Å². The van der Waals surface area contributed by atoms with Gasteiger partial charge in [0, 0.05) is 4.90 Å². The summed E-state index contributed by atoms with van der Waals surface area (Å²) < 4.78 is 18.4. The number of hydrogen-bond acceptors (Lipinski definition) is 7. The lowest BCUT2D eigenvalue weighted by molar-refractivity contribution is -0.120. The predicted octanol–water partition coefficient (Wildman–Crippen LogP) is 3.35. The van der Waals surface area contributed by atoms with Gasteiger partial charge in [-0.1, -0.05) is 0 Å². The second-order valence-corrected chi connectivity index (χ2v) is 4.89. The molecule has 0 saturated carbocycles. The van der Waals surface area contributed by atoms with Crippen molar-refractivity contribution >= 4 is 35.1 Å². The molecule has 0 aliphatic carbocycles. The van der Waals surface area contributed by atoms with Crippen LogP contribution in [0.1, 0.15) is 6.92 Å². The quantitative estimate of drug-likeness (QED) is 0.498. The smallest absolute Gasteiger partial charge is 0.413 e. The van der Waals surface area contributed by atoms with Crippen LogP contribution < -0.4 is 5.32 Å². The monoisotopic (exact) mass is 349 g/mol. The molecule has 24 heavy (non-hydrogen) atoms. The van der Waals surface area contributed by atoms with Crippen LogP contribution in [0.2, 0.25) is 0 Å². The summed E-state index contributed by atoms with van der Waals surface area (Å²) >= 11 is 1.22. The van der Waals surface area contributed by atoms with Crippen molar-refractivity contribution in [3.05, 3.63) is 29.4 Å². The predicted molar refractivity (Wildman–Crippen MR) is 83.5 cm³/mol. The first kappa shape index (κ1) is 19.1. The van der Waals surface area contributed by atoms with Gasteiger partial charge < -0.3 is 4.74 Å². The third kappa shape index (κ3) is 5.04. The van der Waals surface area contributed by atoms with Crippen LogP contribution in [0, 0.1) is 23.7 Å². The Hall–Kier alpha value is -2.98. The van der Waals surface area contributed by atoms with Crippen LogP contribution in [0.25, 0.3) is 4.85 Å². The second kappa shape index (κ2) is 9.22. The number of imide groups is 1. The summed E-state index contributed by atoms with van der Waals surface area (Å²) in [6.07, 6.45) is 0.684. The maximum absolute atomic E-state index is 13.9. The van der Waals surface area contributed by atoms with Crippen LogP contribution >= 0.6 is 11.8 Å². The summed E-state index contributed by atoms with van der Waals surface area (Å²) in [5.41, 5.74) is -0.105. The normalized spacial score (nSPS) is 11.4. The van der Waals surface area contributed by atoms with Gasteiger partial charge in [-0.3, -0.25) is 10.1 Å². The Labute approximate surface area is 141 Å². The minimum atomic E-state index is -1.65. The van der Waals surface area contributed by atoms with Gasteiger partial charge in [0.1, 0.15) is 17.6 Å². The molecule has 0 bridgehead atoms. The highest BCUT2D eigenvalue weighted by molar-refractivity contribution is 7.98. The maximum atomic E-state index is 13.9. The van der Waals surface area contributed by atoms with Crippen molar-refractivity contribution in [3.8, 4) is 6.07 Å². The number of azo groups is 1. The van der Waals surface area contributed by atoms with Gasteiger partial charge in [0.15, 0.2) is 0 Å². The highest BCUT2D eigenvalue weighted by Gasteiger charge is 2.20. The van der Waals surface area contributed by atoms with Gasteiger partial charge >= 0.3 is 6.09 Å². The molecule has 0 radical (unpaired) electrons. The van der Waals surface area contributed by atoms with E-state index in [1.807, 2.05) is 5.32 Å². The van der Waals surface area contributed by atoms with Crippen LogP contribution in [0.4, 0.5) is 20.6 Å². The number of carbonyl (C=O) groups excluding carboxylic acids is 2. The Bertz CT molecular complexity index is 754. The summed E-state index contributed by atoms with van der Waals surface area (Å²) in [6, 6.07) is 2.17. The molecule has 0 spiro atoms. The molecule has 1 N–H and O–H groups in total. The molecule has 124 valence electrons. The van der Waals surface area contributed by atoms with Crippen molar-refractivity contribution in [2.75, 3.05) is 12.9 Å². The van der Waals surface area contributed by atoms with Crippen LogP contribution in [0.3, 0.4) is 0 Å². The van der Waals surface area contributed by atoms with Crippen molar-refractivity contribution in [3.63, 3.8) is 0 Å². The van der Waals surface area contributed by atoms with Gasteiger partial charge in [-0.15, -0.1) is 11.8 Å². The van der Waals surface area contributed by atoms with Crippen LogP contribution in [0.15, 0.2) is 27.3 Å². The fourth-order valence-corrected chi connectivity index (χ4v) is 2.00. The topological polar surface area (TPSA) is 108 Å². The van der Waals surface area contributed by atoms with Gasteiger partial charge in [0.2, 0.25) is 11.7 Å². The summed E-state index contributed by atoms with van der Waals surface area (Å²) in [6.45, 7) is 8.56. The first-order valence-corrected chi connectivity index (χ1v) is 7.72. The van der Waals surface area contributed by atoms with E-state index in [4.69, 9.17) is 11.8 Å². The second-order valence-electron chi connectivity index (χ2n) is 4.04. The first-order valence-electron chi connectivity index (χ1n) is 6.49. The SMILES string of the molecule is [C-]#[N+]c1cc(F)c(N=NC(C#N)C(=O)NC(=O)OCC)cc1SC. The average molecular weight is 349 g/mol. The summed E-state index contributed by atoms with van der Waals surface area (Å²) in [7, 11) is 0. The van der Waals surface area contributed by atoms with Crippen molar-refractivity contribution in [1.29, 1.82) is 5.26 Å². The Morgan fingerprint density at radius 2 is 2.29 bits per heavy atom. The lowest BCUT2D eigenvalue weighted by Gasteiger charge is -2.05. The van der Waals surface area contributed by atoms with Crippen molar-refractivity contribution in [2.24, 2.45) is 10.2 Å². The van der Waals surface area contributed by atoms with Crippen molar-refractivity contribution < 1.29 is 18.7 Å². The summed E-state index contributed by atoms with van der Waals surface area (Å²) in [4.78, 5) is 26.5. The van der Waals surface area contributed by atoms with E-state index in [1.54, 1.807) is 13.2 Å². The fourth-order valence-electron chi connectivity index (χ4n) is 1.45. The van der Waals surface area contributed by atoms with Gasteiger partial charge in [-0.25, -0.2) is 14.0 Å². The minimum absolute atomic E-state index is 0.0495. The van der Waals surface area contributed by atoms with E-state index >= 15 is 0 Å². The van der Waals surface area contributed by atoms with E-state index in [-0.39, 0.29) is 18.0 Å². The number of nitrogens with zero attached hydrogens (tertiary/aromatic N) is 4. The molecule has 0 aromatic heterocycles. The minimum Gasteiger partial charge on any atom is -0.450 e. The standard InChI is InChI=1S/C14H12FN5O3S/c1-4-23-14(22)18-13(21)11(7-16)20-19-9-6-12(24-3)10(17-2)5-8(9)15/h5-6,11H,4H2,1,3H3,(H,18,21,22). The number of amides is 2. The molecule has 1 unspecified atom stereocenters. The third-order valence-electron chi connectivity index (χ3n) is 2.52. The van der Waals surface area contributed by atoms with E-state index in [9.17, 15) is 14.0 Å². The van der Waals surface area contributed by atoms with E-state index in [0.717, 1.165) is 6.07 Å². The number of ether oxygens (including phenoxy) is 1. The summed E-state index contributed by atoms with van der Waals surface area (Å²) in [5, 5.41) is 17.7. The molecule has 0 saturated heterocycles. The molecule has 2 amide bonds. The largest absolute Gasteiger partial charge is 0.450 e. The molecule has 8 nitrogen and oxygen atoms in total. The molecule has 1 aromatic carbocycles. The first-order chi connectivity index (χ1) is 11.5. The molecule has 0 heterocycles. The zero-order chi connectivity index (χ0) is 18.1. The molecule has 0 aliphatic rings. The number of nitrogens with one attached hydrogen (secondary N) is 1. The zero-order valence-corrected chi connectivity index (χ0v) is 13.6. The van der Waals surface area contributed by atoms with Crippen LogP contribution in [-0.4, -0.2) is 30.9 Å². The molecule has 0 aliphatic heterocycles. The number of benzene rings is 1. The number of rotatable bonds is 5. The maximum Gasteiger partial charge on any atom is 0.413 e. The molecule has 0 fully saturated rings. The number of carbonyl (C=O) groups is 2. The number of thioether (sulfide) groups is 1. The van der Waals surface area contributed by atoms with Gasteiger partial charge in [-0.05, 0) is 25.3 Å². The molecule has 10 heteroatoms. The Morgan fingerprint density at radius 1 is 1.58 bits per heavy atom. The van der Waals surface area contributed by atoms with Gasteiger partial charge in [0.25, 0.3) is 5.91 Å².